The summed E-state index contributed by atoms with van der Waals surface area (Å²) in [6.07, 6.45) is -0.308. The second kappa shape index (κ2) is 12.1. The highest BCUT2D eigenvalue weighted by Crippen LogP contribution is 2.26. The number of hydrogen-bond donors (Lipinski definition) is 0. The summed E-state index contributed by atoms with van der Waals surface area (Å²) in [5.41, 5.74) is 2.20. The number of anilines is 1. The largest absolute Gasteiger partial charge is 0.450 e. The van der Waals surface area contributed by atoms with E-state index >= 15 is 0 Å². The minimum Gasteiger partial charge on any atom is -0.450 e. The maximum atomic E-state index is 12.5. The van der Waals surface area contributed by atoms with E-state index in [4.69, 9.17) is 17.0 Å². The molecule has 0 aliphatic carbocycles. The summed E-state index contributed by atoms with van der Waals surface area (Å²) < 4.78 is 7.29. The molecule has 34 heavy (non-hydrogen) atoms. The Morgan fingerprint density at radius 1 is 0.941 bits per heavy atom. The second-order valence-corrected chi connectivity index (χ2v) is 8.10. The number of para-hydroxylation sites is 1. The van der Waals surface area contributed by atoms with Crippen molar-refractivity contribution < 1.29 is 14.3 Å². The van der Waals surface area contributed by atoms with Gasteiger partial charge in [-0.15, -0.1) is 0 Å². The maximum absolute atomic E-state index is 12.5. The second-order valence-electron chi connectivity index (χ2n) is 7.73. The number of aromatic nitrogens is 2. The Hall–Kier alpha value is -3.52. The summed E-state index contributed by atoms with van der Waals surface area (Å²) in [5, 5.41) is 0. The molecular formula is C26H30N4O3S. The number of ether oxygens (including phenoxy) is 1. The molecule has 2 heterocycles. The van der Waals surface area contributed by atoms with Crippen LogP contribution in [0.25, 0.3) is 5.69 Å². The predicted octanol–water partition coefficient (Wildman–Crippen LogP) is 5.08. The van der Waals surface area contributed by atoms with E-state index in [0.29, 0.717) is 48.9 Å². The van der Waals surface area contributed by atoms with Gasteiger partial charge in [-0.3, -0.25) is 9.36 Å². The minimum absolute atomic E-state index is 0.0625. The Morgan fingerprint density at radius 3 is 1.97 bits per heavy atom. The van der Waals surface area contributed by atoms with Gasteiger partial charge in [0.05, 0.1) is 12.2 Å². The third-order valence-electron chi connectivity index (χ3n) is 5.45. The van der Waals surface area contributed by atoms with Gasteiger partial charge in [0.15, 0.2) is 5.78 Å². The summed E-state index contributed by atoms with van der Waals surface area (Å²) in [6, 6.07) is 21.6. The summed E-state index contributed by atoms with van der Waals surface area (Å²) >= 11 is 5.55. The lowest BCUT2D eigenvalue weighted by Gasteiger charge is -2.35. The Labute approximate surface area is 205 Å². The van der Waals surface area contributed by atoms with Crippen molar-refractivity contribution in [2.75, 3.05) is 37.7 Å². The third kappa shape index (κ3) is 6.08. The van der Waals surface area contributed by atoms with Crippen LogP contribution in [0, 0.1) is 11.7 Å². The van der Waals surface area contributed by atoms with E-state index in [1.54, 1.807) is 18.7 Å². The third-order valence-corrected chi connectivity index (χ3v) is 5.73. The van der Waals surface area contributed by atoms with Crippen LogP contribution in [0.1, 0.15) is 29.9 Å². The van der Waals surface area contributed by atoms with Gasteiger partial charge >= 0.3 is 6.09 Å². The van der Waals surface area contributed by atoms with Crippen LogP contribution in [-0.4, -0.2) is 59.1 Å². The van der Waals surface area contributed by atoms with Gasteiger partial charge in [-0.05, 0) is 45.1 Å². The lowest BCUT2D eigenvalue weighted by atomic mass is 10.1. The highest BCUT2D eigenvalue weighted by Gasteiger charge is 2.27. The smallest absolute Gasteiger partial charge is 0.409 e. The van der Waals surface area contributed by atoms with Gasteiger partial charge in [0.2, 0.25) is 4.77 Å². The van der Waals surface area contributed by atoms with Gasteiger partial charge in [-0.25, -0.2) is 9.78 Å². The number of rotatable bonds is 4. The fourth-order valence-corrected chi connectivity index (χ4v) is 4.17. The number of carbonyl (C=O) groups excluding carboxylic acids is 2. The lowest BCUT2D eigenvalue weighted by molar-refractivity contribution is 0.100. The Kier molecular flexibility index (Phi) is 8.93. The monoisotopic (exact) mass is 478 g/mol. The number of Topliss-reactive ketones (excluding diaryl/α,β-unsaturated/α-hetero) is 1. The minimum atomic E-state index is -0.308. The predicted molar refractivity (Wildman–Crippen MR) is 136 cm³/mol. The van der Waals surface area contributed by atoms with E-state index in [-0.39, 0.29) is 11.9 Å². The van der Waals surface area contributed by atoms with E-state index in [9.17, 15) is 9.59 Å². The topological polar surface area (TPSA) is 67.7 Å². The molecule has 0 atom stereocenters. The van der Waals surface area contributed by atoms with Gasteiger partial charge in [0, 0.05) is 37.6 Å². The molecule has 1 amide bonds. The first kappa shape index (κ1) is 25.1. The van der Waals surface area contributed by atoms with Crippen molar-refractivity contribution in [1.29, 1.82) is 0 Å². The standard InChI is InChI=1S/C20H24N4O3S.C6H6/c1-4-27-20(26)23-12-10-22(11-13-23)18-17(15(3)25)14(2)24(19(28)21-18)16-8-6-5-7-9-16;1-2-4-6-5-3-1/h5-9H,4,10-13H2,1-3H3;1-6H. The molecule has 0 N–H and O–H groups in total. The maximum Gasteiger partial charge on any atom is 0.409 e. The first-order chi connectivity index (χ1) is 16.4. The molecule has 1 aromatic heterocycles. The van der Waals surface area contributed by atoms with E-state index in [1.807, 2.05) is 83.1 Å². The molecule has 178 valence electrons. The van der Waals surface area contributed by atoms with Crippen LogP contribution in [0.3, 0.4) is 0 Å². The highest BCUT2D eigenvalue weighted by atomic mass is 32.1. The molecule has 2 aromatic carbocycles. The van der Waals surface area contributed by atoms with Gasteiger partial charge in [-0.2, -0.15) is 0 Å². The number of hydrogen-bond acceptors (Lipinski definition) is 6. The van der Waals surface area contributed by atoms with Crippen molar-refractivity contribution in [2.45, 2.75) is 20.8 Å². The zero-order chi connectivity index (χ0) is 24.5. The van der Waals surface area contributed by atoms with Crippen molar-refractivity contribution in [3.63, 3.8) is 0 Å². The van der Waals surface area contributed by atoms with Crippen LogP contribution in [0.4, 0.5) is 10.6 Å². The average Bonchev–Trinajstić information content (AvgIpc) is 2.86. The van der Waals surface area contributed by atoms with Crippen LogP contribution in [0.5, 0.6) is 0 Å². The molecule has 0 radical (unpaired) electrons. The number of piperazine rings is 1. The zero-order valence-corrected chi connectivity index (χ0v) is 20.6. The van der Waals surface area contributed by atoms with Gasteiger partial charge < -0.3 is 14.5 Å². The van der Waals surface area contributed by atoms with Crippen LogP contribution in [-0.2, 0) is 4.74 Å². The van der Waals surface area contributed by atoms with E-state index < -0.39 is 0 Å². The fourth-order valence-electron chi connectivity index (χ4n) is 3.84. The van der Waals surface area contributed by atoms with Crippen LogP contribution >= 0.6 is 12.2 Å². The van der Waals surface area contributed by atoms with Crippen LogP contribution in [0.15, 0.2) is 66.7 Å². The van der Waals surface area contributed by atoms with Crippen molar-refractivity contribution in [3.8, 4) is 5.69 Å². The molecule has 0 saturated carbocycles. The quantitative estimate of drug-likeness (QED) is 0.385. The molecule has 0 bridgehead atoms. The summed E-state index contributed by atoms with van der Waals surface area (Å²) in [5.74, 6) is 0.526. The molecular weight excluding hydrogens is 448 g/mol. The number of nitrogens with zero attached hydrogens (tertiary/aromatic N) is 4. The SMILES string of the molecule is CCOC(=O)N1CCN(c2nc(=S)n(-c3ccccc3)c(C)c2C(C)=O)CC1.c1ccccc1. The van der Waals surface area contributed by atoms with Gasteiger partial charge in [0.25, 0.3) is 0 Å². The number of ketones is 1. The van der Waals surface area contributed by atoms with Crippen LogP contribution in [0.2, 0.25) is 0 Å². The first-order valence-corrected chi connectivity index (χ1v) is 11.7. The lowest BCUT2D eigenvalue weighted by Crippen LogP contribution is -2.49. The van der Waals surface area contributed by atoms with Crippen molar-refractivity contribution in [3.05, 3.63) is 82.8 Å². The highest BCUT2D eigenvalue weighted by molar-refractivity contribution is 7.71. The molecule has 4 rings (SSSR count). The van der Waals surface area contributed by atoms with E-state index in [2.05, 4.69) is 4.98 Å². The normalized spacial score (nSPS) is 13.0. The fraction of sp³-hybridized carbons (Fsp3) is 0.308. The number of amides is 1. The van der Waals surface area contributed by atoms with Crippen molar-refractivity contribution in [2.24, 2.45) is 0 Å². The molecule has 1 fully saturated rings. The van der Waals surface area contributed by atoms with Gasteiger partial charge in [-0.1, -0.05) is 54.6 Å². The molecule has 1 saturated heterocycles. The molecule has 0 unspecified atom stereocenters. The number of carbonyl (C=O) groups is 2. The first-order valence-electron chi connectivity index (χ1n) is 11.3. The summed E-state index contributed by atoms with van der Waals surface area (Å²) in [4.78, 5) is 32.7. The van der Waals surface area contributed by atoms with Crippen molar-refractivity contribution >= 4 is 29.9 Å². The van der Waals surface area contributed by atoms with E-state index in [0.717, 1.165) is 11.4 Å². The Balaban J connectivity index is 0.000000469. The average molecular weight is 479 g/mol. The number of benzene rings is 2. The molecule has 8 heteroatoms. The summed E-state index contributed by atoms with van der Waals surface area (Å²) in [6.45, 7) is 7.73. The molecule has 1 aliphatic rings. The van der Waals surface area contributed by atoms with Gasteiger partial charge in [0.1, 0.15) is 5.82 Å². The Bertz CT molecular complexity index is 1130. The molecule has 7 nitrogen and oxygen atoms in total. The molecule has 1 aliphatic heterocycles. The Morgan fingerprint density at radius 2 is 1.47 bits per heavy atom. The molecule has 3 aromatic rings. The van der Waals surface area contributed by atoms with Crippen molar-refractivity contribution in [1.82, 2.24) is 14.5 Å². The summed E-state index contributed by atoms with van der Waals surface area (Å²) in [7, 11) is 0. The molecule has 0 spiro atoms. The zero-order valence-electron chi connectivity index (χ0n) is 19.8. The van der Waals surface area contributed by atoms with E-state index in [1.165, 1.54) is 0 Å². The van der Waals surface area contributed by atoms with Crippen LogP contribution < -0.4 is 4.90 Å².